The number of fused-ring (bicyclic) bond motifs is 1. The molecule has 0 aromatic carbocycles. The topological polar surface area (TPSA) is 54.4 Å². The van der Waals surface area contributed by atoms with E-state index in [2.05, 4.69) is 34.6 Å². The van der Waals surface area contributed by atoms with Gasteiger partial charge in [0.05, 0.1) is 6.10 Å². The van der Waals surface area contributed by atoms with Crippen molar-refractivity contribution in [2.24, 2.45) is 46.3 Å². The van der Waals surface area contributed by atoms with Crippen molar-refractivity contribution in [1.82, 2.24) is 0 Å². The molecule has 2 unspecified atom stereocenters. The van der Waals surface area contributed by atoms with E-state index in [4.69, 9.17) is 0 Å². The first-order valence-electron chi connectivity index (χ1n) is 12.8. The summed E-state index contributed by atoms with van der Waals surface area (Å²) in [4.78, 5) is 24.8. The fraction of sp³-hybridized carbons (Fsp3) is 0.926. The number of aldehydes is 1. The van der Waals surface area contributed by atoms with Crippen molar-refractivity contribution in [2.45, 2.75) is 111 Å². The Balaban J connectivity index is 1.77. The molecule has 0 spiro atoms. The lowest BCUT2D eigenvalue weighted by Gasteiger charge is -2.54. The lowest BCUT2D eigenvalue weighted by Crippen LogP contribution is -2.51. The minimum absolute atomic E-state index is 0.238. The maximum absolute atomic E-state index is 13.0. The SMILES string of the molecule is CC(C)CCC[C@@H](C)[C@H]1CC[C@H]2C(CC=O)C([C@]3(C)CC[C@@H](O)CC3=O)CC[C@]12C. The molecule has 172 valence electrons. The smallest absolute Gasteiger partial charge is 0.141 e. The average molecular weight is 419 g/mol. The van der Waals surface area contributed by atoms with Crippen LogP contribution < -0.4 is 0 Å². The quantitative estimate of drug-likeness (QED) is 0.476. The van der Waals surface area contributed by atoms with Gasteiger partial charge in [0.1, 0.15) is 12.1 Å². The Labute approximate surface area is 184 Å². The zero-order valence-electron chi connectivity index (χ0n) is 20.2. The van der Waals surface area contributed by atoms with Crippen LogP contribution in [0, 0.1) is 46.3 Å². The molecular weight excluding hydrogens is 372 g/mol. The Morgan fingerprint density at radius 1 is 1.03 bits per heavy atom. The minimum atomic E-state index is -0.466. The zero-order valence-corrected chi connectivity index (χ0v) is 20.2. The summed E-state index contributed by atoms with van der Waals surface area (Å²) in [5.74, 6) is 3.71. The van der Waals surface area contributed by atoms with Crippen LogP contribution in [0.5, 0.6) is 0 Å². The van der Waals surface area contributed by atoms with Crippen LogP contribution in [0.4, 0.5) is 0 Å². The van der Waals surface area contributed by atoms with Crippen molar-refractivity contribution in [3.63, 3.8) is 0 Å². The summed E-state index contributed by atoms with van der Waals surface area (Å²) in [6.07, 6.45) is 11.8. The number of Topliss-reactive ketones (excluding diaryl/α,β-unsaturated/α-hetero) is 1. The molecule has 0 aromatic heterocycles. The van der Waals surface area contributed by atoms with Gasteiger partial charge in [-0.25, -0.2) is 0 Å². The van der Waals surface area contributed by atoms with Gasteiger partial charge in [0.2, 0.25) is 0 Å². The van der Waals surface area contributed by atoms with Gasteiger partial charge in [0, 0.05) is 18.3 Å². The van der Waals surface area contributed by atoms with E-state index in [1.807, 2.05) is 0 Å². The van der Waals surface area contributed by atoms with Gasteiger partial charge >= 0.3 is 0 Å². The number of hydrogen-bond donors (Lipinski definition) is 1. The standard InChI is InChI=1S/C27H46O3/c1-18(2)7-6-8-19(3)22-9-10-23-21(13-16-28)24(12-15-26(22,23)4)27(5)14-11-20(29)17-25(27)30/h16,18-24,29H,6-15,17H2,1-5H3/t19-,20-,21?,22-,23+,24?,26-,27+/m1/s1. The Bertz CT molecular complexity index is 613. The number of carbonyl (C=O) groups excluding carboxylic acids is 2. The highest BCUT2D eigenvalue weighted by atomic mass is 16.3. The van der Waals surface area contributed by atoms with Crippen LogP contribution >= 0.6 is 0 Å². The predicted octanol–water partition coefficient (Wildman–Crippen LogP) is 6.22. The maximum Gasteiger partial charge on any atom is 0.141 e. The maximum atomic E-state index is 13.0. The van der Waals surface area contributed by atoms with Gasteiger partial charge < -0.3 is 9.90 Å². The van der Waals surface area contributed by atoms with E-state index in [0.29, 0.717) is 36.0 Å². The summed E-state index contributed by atoms with van der Waals surface area (Å²) in [6.45, 7) is 11.8. The van der Waals surface area contributed by atoms with Crippen molar-refractivity contribution in [3.8, 4) is 0 Å². The second kappa shape index (κ2) is 9.43. The molecule has 0 aromatic rings. The van der Waals surface area contributed by atoms with E-state index in [1.54, 1.807) is 0 Å². The molecule has 3 fully saturated rings. The molecule has 0 saturated heterocycles. The van der Waals surface area contributed by atoms with E-state index in [9.17, 15) is 14.7 Å². The second-order valence-corrected chi connectivity index (χ2v) is 12.0. The summed E-state index contributed by atoms with van der Waals surface area (Å²) in [5, 5.41) is 9.99. The third kappa shape index (κ3) is 4.43. The van der Waals surface area contributed by atoms with Crippen molar-refractivity contribution < 1.29 is 14.7 Å². The summed E-state index contributed by atoms with van der Waals surface area (Å²) in [5.41, 5.74) is -0.0375. The number of ketones is 1. The number of aliphatic hydroxyl groups is 1. The van der Waals surface area contributed by atoms with Gasteiger partial charge in [0.15, 0.2) is 0 Å². The highest BCUT2D eigenvalue weighted by molar-refractivity contribution is 5.86. The van der Waals surface area contributed by atoms with Gasteiger partial charge in [-0.15, -0.1) is 0 Å². The molecule has 3 saturated carbocycles. The summed E-state index contributed by atoms with van der Waals surface area (Å²) >= 11 is 0. The van der Waals surface area contributed by atoms with Crippen LogP contribution in [0.1, 0.15) is 105 Å². The highest BCUT2D eigenvalue weighted by Gasteiger charge is 2.58. The first-order chi connectivity index (χ1) is 14.1. The lowest BCUT2D eigenvalue weighted by atomic mass is 9.49. The number of rotatable bonds is 8. The molecule has 0 heterocycles. The van der Waals surface area contributed by atoms with E-state index >= 15 is 0 Å². The molecule has 8 atom stereocenters. The molecule has 3 heteroatoms. The first-order valence-corrected chi connectivity index (χ1v) is 12.8. The van der Waals surface area contributed by atoms with Gasteiger partial charge in [-0.2, -0.15) is 0 Å². The molecule has 0 bridgehead atoms. The Kier molecular flexibility index (Phi) is 7.53. The van der Waals surface area contributed by atoms with Crippen LogP contribution in [-0.4, -0.2) is 23.3 Å². The van der Waals surface area contributed by atoms with E-state index < -0.39 is 6.10 Å². The van der Waals surface area contributed by atoms with Crippen LogP contribution in [0.15, 0.2) is 0 Å². The van der Waals surface area contributed by atoms with Crippen LogP contribution in [0.3, 0.4) is 0 Å². The Hall–Kier alpha value is -0.700. The van der Waals surface area contributed by atoms with Crippen molar-refractivity contribution >= 4 is 12.1 Å². The fourth-order valence-corrected chi connectivity index (χ4v) is 8.09. The van der Waals surface area contributed by atoms with Gasteiger partial charge in [-0.1, -0.05) is 53.9 Å². The molecular formula is C27H46O3. The molecule has 0 radical (unpaired) electrons. The zero-order chi connectivity index (χ0) is 22.1. The van der Waals surface area contributed by atoms with Gasteiger partial charge in [-0.05, 0) is 79.4 Å². The van der Waals surface area contributed by atoms with E-state index in [-0.39, 0.29) is 11.2 Å². The van der Waals surface area contributed by atoms with Gasteiger partial charge in [-0.3, -0.25) is 4.79 Å². The largest absolute Gasteiger partial charge is 0.393 e. The molecule has 3 aliphatic carbocycles. The number of hydrogen-bond acceptors (Lipinski definition) is 3. The molecule has 3 rings (SSSR count). The normalized spacial score (nSPS) is 42.9. The third-order valence-corrected chi connectivity index (χ3v) is 9.88. The highest BCUT2D eigenvalue weighted by Crippen LogP contribution is 2.64. The Morgan fingerprint density at radius 2 is 1.77 bits per heavy atom. The monoisotopic (exact) mass is 418 g/mol. The van der Waals surface area contributed by atoms with Crippen molar-refractivity contribution in [2.75, 3.05) is 0 Å². The summed E-state index contributed by atoms with van der Waals surface area (Å²) in [6, 6.07) is 0. The van der Waals surface area contributed by atoms with Crippen LogP contribution in [-0.2, 0) is 9.59 Å². The Morgan fingerprint density at radius 3 is 2.40 bits per heavy atom. The molecule has 0 amide bonds. The summed E-state index contributed by atoms with van der Waals surface area (Å²) < 4.78 is 0. The molecule has 30 heavy (non-hydrogen) atoms. The van der Waals surface area contributed by atoms with Crippen LogP contribution in [0.25, 0.3) is 0 Å². The third-order valence-electron chi connectivity index (χ3n) is 9.88. The van der Waals surface area contributed by atoms with Crippen LogP contribution in [0.2, 0.25) is 0 Å². The minimum Gasteiger partial charge on any atom is -0.393 e. The molecule has 1 N–H and O–H groups in total. The fourth-order valence-electron chi connectivity index (χ4n) is 8.09. The number of aliphatic hydroxyl groups excluding tert-OH is 1. The second-order valence-electron chi connectivity index (χ2n) is 12.0. The van der Waals surface area contributed by atoms with Crippen molar-refractivity contribution in [1.29, 1.82) is 0 Å². The number of carbonyl (C=O) groups is 2. The molecule has 0 aliphatic heterocycles. The lowest BCUT2D eigenvalue weighted by molar-refractivity contribution is -0.146. The van der Waals surface area contributed by atoms with E-state index in [0.717, 1.165) is 43.3 Å². The summed E-state index contributed by atoms with van der Waals surface area (Å²) in [7, 11) is 0. The molecule has 3 nitrogen and oxygen atoms in total. The molecule has 3 aliphatic rings. The van der Waals surface area contributed by atoms with Gasteiger partial charge in [0.25, 0.3) is 0 Å². The first kappa shape index (κ1) is 24.0. The average Bonchev–Trinajstić information content (AvgIpc) is 3.02. The van der Waals surface area contributed by atoms with E-state index in [1.165, 1.54) is 38.5 Å². The van der Waals surface area contributed by atoms with Crippen molar-refractivity contribution in [3.05, 3.63) is 0 Å². The predicted molar refractivity (Wildman–Crippen MR) is 122 cm³/mol.